The van der Waals surface area contributed by atoms with Crippen LogP contribution in [0, 0.1) is 6.92 Å². The van der Waals surface area contributed by atoms with Crippen molar-refractivity contribution < 1.29 is 9.84 Å². The number of aliphatic hydroxyl groups excluding tert-OH is 1. The number of ether oxygens (including phenoxy) is 1. The molecule has 1 N–H and O–H groups in total. The lowest BCUT2D eigenvalue weighted by atomic mass is 10.2. The molecule has 0 aliphatic heterocycles. The van der Waals surface area contributed by atoms with Gasteiger partial charge >= 0.3 is 0 Å². The average molecular weight is 293 g/mol. The van der Waals surface area contributed by atoms with E-state index in [0.29, 0.717) is 0 Å². The van der Waals surface area contributed by atoms with E-state index < -0.39 is 0 Å². The van der Waals surface area contributed by atoms with Crippen LogP contribution in [0.2, 0.25) is 0 Å². The van der Waals surface area contributed by atoms with Crippen molar-refractivity contribution in [2.45, 2.75) is 13.5 Å². The van der Waals surface area contributed by atoms with Gasteiger partial charge in [0, 0.05) is 4.47 Å². The van der Waals surface area contributed by atoms with Crippen molar-refractivity contribution in [2.24, 2.45) is 0 Å². The Labute approximate surface area is 109 Å². The maximum atomic E-state index is 9.16. The third-order valence-electron chi connectivity index (χ3n) is 2.44. The second-order valence-corrected chi connectivity index (χ2v) is 4.68. The quantitative estimate of drug-likeness (QED) is 0.925. The molecule has 0 spiro atoms. The van der Waals surface area contributed by atoms with Crippen LogP contribution in [0.1, 0.15) is 11.1 Å². The molecule has 2 rings (SSSR count). The Hall–Kier alpha value is -1.32. The molecular formula is C14H13BrO2. The molecule has 0 unspecified atom stereocenters. The van der Waals surface area contributed by atoms with Gasteiger partial charge < -0.3 is 9.84 Å². The number of aliphatic hydroxyl groups is 1. The molecule has 17 heavy (non-hydrogen) atoms. The molecule has 0 saturated carbocycles. The molecule has 3 heteroatoms. The second kappa shape index (κ2) is 5.34. The van der Waals surface area contributed by atoms with Crippen LogP contribution in [0.4, 0.5) is 0 Å². The summed E-state index contributed by atoms with van der Waals surface area (Å²) in [6.07, 6.45) is 0. The molecule has 2 aromatic rings. The fourth-order valence-electron chi connectivity index (χ4n) is 1.48. The smallest absolute Gasteiger partial charge is 0.127 e. The van der Waals surface area contributed by atoms with Crippen molar-refractivity contribution >= 4 is 15.9 Å². The summed E-state index contributed by atoms with van der Waals surface area (Å²) in [5, 5.41) is 9.16. The highest BCUT2D eigenvalue weighted by Crippen LogP contribution is 2.26. The third-order valence-corrected chi connectivity index (χ3v) is 3.22. The summed E-state index contributed by atoms with van der Waals surface area (Å²) in [6, 6.07) is 13.4. The Morgan fingerprint density at radius 3 is 2.35 bits per heavy atom. The van der Waals surface area contributed by atoms with E-state index in [1.165, 1.54) is 5.56 Å². The van der Waals surface area contributed by atoms with Gasteiger partial charge in [0.2, 0.25) is 0 Å². The molecule has 0 fully saturated rings. The Balaban J connectivity index is 2.21. The normalized spacial score (nSPS) is 10.3. The molecular weight excluding hydrogens is 280 g/mol. The van der Waals surface area contributed by atoms with Crippen LogP contribution in [0.25, 0.3) is 0 Å². The summed E-state index contributed by atoms with van der Waals surface area (Å²) in [4.78, 5) is 0. The molecule has 0 saturated heterocycles. The zero-order valence-corrected chi connectivity index (χ0v) is 11.1. The molecule has 0 aliphatic carbocycles. The SMILES string of the molecule is Cc1ccc(Oc2ccc(Br)c(CO)c2)cc1. The molecule has 0 heterocycles. The number of hydrogen-bond acceptors (Lipinski definition) is 2. The minimum Gasteiger partial charge on any atom is -0.457 e. The van der Waals surface area contributed by atoms with Gasteiger partial charge in [0.15, 0.2) is 0 Å². The second-order valence-electron chi connectivity index (χ2n) is 3.83. The summed E-state index contributed by atoms with van der Waals surface area (Å²) in [5.41, 5.74) is 2.01. The highest BCUT2D eigenvalue weighted by molar-refractivity contribution is 9.10. The number of hydrogen-bond donors (Lipinski definition) is 1. The van der Waals surface area contributed by atoms with Gasteiger partial charge in [-0.2, -0.15) is 0 Å². The van der Waals surface area contributed by atoms with Crippen molar-refractivity contribution in [1.82, 2.24) is 0 Å². The van der Waals surface area contributed by atoms with Crippen LogP contribution < -0.4 is 4.74 Å². The zero-order chi connectivity index (χ0) is 12.3. The first-order valence-electron chi connectivity index (χ1n) is 5.33. The highest BCUT2D eigenvalue weighted by atomic mass is 79.9. The Morgan fingerprint density at radius 2 is 1.71 bits per heavy atom. The van der Waals surface area contributed by atoms with E-state index in [0.717, 1.165) is 21.5 Å². The molecule has 0 aliphatic rings. The van der Waals surface area contributed by atoms with E-state index in [-0.39, 0.29) is 6.61 Å². The summed E-state index contributed by atoms with van der Waals surface area (Å²) in [7, 11) is 0. The van der Waals surface area contributed by atoms with Gasteiger partial charge in [-0.05, 0) is 42.8 Å². The van der Waals surface area contributed by atoms with Gasteiger partial charge in [-0.3, -0.25) is 0 Å². The Morgan fingerprint density at radius 1 is 1.06 bits per heavy atom. The standard InChI is InChI=1S/C14H13BrO2/c1-10-2-4-12(5-3-10)17-13-6-7-14(15)11(8-13)9-16/h2-8,16H,9H2,1H3. The summed E-state index contributed by atoms with van der Waals surface area (Å²) in [5.74, 6) is 1.52. The van der Waals surface area contributed by atoms with Crippen LogP contribution in [-0.4, -0.2) is 5.11 Å². The van der Waals surface area contributed by atoms with Crippen LogP contribution >= 0.6 is 15.9 Å². The van der Waals surface area contributed by atoms with E-state index in [4.69, 9.17) is 9.84 Å². The maximum Gasteiger partial charge on any atom is 0.127 e. The predicted octanol–water partition coefficient (Wildman–Crippen LogP) is 4.04. The van der Waals surface area contributed by atoms with E-state index in [9.17, 15) is 0 Å². The molecule has 0 bridgehead atoms. The third kappa shape index (κ3) is 3.08. The van der Waals surface area contributed by atoms with E-state index in [2.05, 4.69) is 15.9 Å². The van der Waals surface area contributed by atoms with E-state index >= 15 is 0 Å². The first-order valence-corrected chi connectivity index (χ1v) is 6.12. The van der Waals surface area contributed by atoms with Gasteiger partial charge in [0.05, 0.1) is 6.61 Å². The van der Waals surface area contributed by atoms with Gasteiger partial charge in [0.1, 0.15) is 11.5 Å². The number of halogens is 1. The van der Waals surface area contributed by atoms with Gasteiger partial charge in [0.25, 0.3) is 0 Å². The van der Waals surface area contributed by atoms with Crippen molar-refractivity contribution in [2.75, 3.05) is 0 Å². The summed E-state index contributed by atoms with van der Waals surface area (Å²) in [6.45, 7) is 2.03. The summed E-state index contributed by atoms with van der Waals surface area (Å²) >= 11 is 3.37. The average Bonchev–Trinajstić information content (AvgIpc) is 2.34. The van der Waals surface area contributed by atoms with Crippen molar-refractivity contribution in [3.05, 3.63) is 58.1 Å². The molecule has 0 atom stereocenters. The number of aryl methyl sites for hydroxylation is 1. The fourth-order valence-corrected chi connectivity index (χ4v) is 1.85. The molecule has 0 radical (unpaired) electrons. The Bertz CT molecular complexity index is 506. The van der Waals surface area contributed by atoms with Gasteiger partial charge in [-0.15, -0.1) is 0 Å². The first kappa shape index (κ1) is 12.1. The van der Waals surface area contributed by atoms with Crippen LogP contribution in [-0.2, 0) is 6.61 Å². The molecule has 0 aromatic heterocycles. The molecule has 88 valence electrons. The molecule has 2 aromatic carbocycles. The fraction of sp³-hybridized carbons (Fsp3) is 0.143. The predicted molar refractivity (Wildman–Crippen MR) is 71.3 cm³/mol. The monoisotopic (exact) mass is 292 g/mol. The van der Waals surface area contributed by atoms with Crippen LogP contribution in [0.5, 0.6) is 11.5 Å². The number of rotatable bonds is 3. The van der Waals surface area contributed by atoms with Gasteiger partial charge in [-0.25, -0.2) is 0 Å². The van der Waals surface area contributed by atoms with Crippen molar-refractivity contribution in [1.29, 1.82) is 0 Å². The van der Waals surface area contributed by atoms with Crippen molar-refractivity contribution in [3.8, 4) is 11.5 Å². The number of benzene rings is 2. The topological polar surface area (TPSA) is 29.5 Å². The molecule has 0 amide bonds. The first-order chi connectivity index (χ1) is 8.19. The minimum atomic E-state index is -0.00825. The minimum absolute atomic E-state index is 0.00825. The maximum absolute atomic E-state index is 9.16. The molecule has 2 nitrogen and oxygen atoms in total. The van der Waals surface area contributed by atoms with Crippen LogP contribution in [0.15, 0.2) is 46.9 Å². The Kier molecular flexibility index (Phi) is 3.82. The highest BCUT2D eigenvalue weighted by Gasteiger charge is 2.02. The van der Waals surface area contributed by atoms with E-state index in [1.54, 1.807) is 0 Å². The lowest BCUT2D eigenvalue weighted by Gasteiger charge is -2.08. The lowest BCUT2D eigenvalue weighted by Crippen LogP contribution is -1.89. The van der Waals surface area contributed by atoms with Crippen LogP contribution in [0.3, 0.4) is 0 Å². The van der Waals surface area contributed by atoms with E-state index in [1.807, 2.05) is 49.4 Å². The zero-order valence-electron chi connectivity index (χ0n) is 9.48. The largest absolute Gasteiger partial charge is 0.457 e. The lowest BCUT2D eigenvalue weighted by molar-refractivity contribution is 0.280. The van der Waals surface area contributed by atoms with Crippen molar-refractivity contribution in [3.63, 3.8) is 0 Å². The summed E-state index contributed by atoms with van der Waals surface area (Å²) < 4.78 is 6.58. The van der Waals surface area contributed by atoms with Gasteiger partial charge in [-0.1, -0.05) is 33.6 Å².